The molecule has 7 heteroatoms. The van der Waals surface area contributed by atoms with Crippen LogP contribution in [0.15, 0.2) is 17.1 Å². The van der Waals surface area contributed by atoms with Crippen LogP contribution >= 0.6 is 22.9 Å². The van der Waals surface area contributed by atoms with Crippen LogP contribution in [0.5, 0.6) is 0 Å². The minimum atomic E-state index is 0.728. The zero-order chi connectivity index (χ0) is 16.8. The van der Waals surface area contributed by atoms with E-state index in [1.807, 2.05) is 13.1 Å². The maximum absolute atomic E-state index is 5.98. The molecule has 1 atom stereocenters. The SMILES string of the molecule is CN=C(NCCc1ccc(Cl)s1)N1CCN(CC2CCOC2)CC1. The Hall–Kier alpha value is -0.820. The van der Waals surface area contributed by atoms with Gasteiger partial charge in [-0.1, -0.05) is 11.6 Å². The zero-order valence-corrected chi connectivity index (χ0v) is 15.9. The molecule has 2 saturated heterocycles. The molecule has 1 aromatic heterocycles. The molecule has 2 fully saturated rings. The molecule has 0 radical (unpaired) electrons. The van der Waals surface area contributed by atoms with Crippen molar-refractivity contribution in [2.45, 2.75) is 12.8 Å². The number of aliphatic imine (C=N–C) groups is 1. The van der Waals surface area contributed by atoms with E-state index in [1.54, 1.807) is 11.3 Å². The summed E-state index contributed by atoms with van der Waals surface area (Å²) in [7, 11) is 1.87. The van der Waals surface area contributed by atoms with E-state index in [0.717, 1.165) is 68.6 Å². The molecule has 24 heavy (non-hydrogen) atoms. The maximum Gasteiger partial charge on any atom is 0.193 e. The lowest BCUT2D eigenvalue weighted by Gasteiger charge is -2.37. The van der Waals surface area contributed by atoms with Crippen molar-refractivity contribution < 1.29 is 4.74 Å². The number of hydrogen-bond donors (Lipinski definition) is 1. The van der Waals surface area contributed by atoms with E-state index >= 15 is 0 Å². The molecule has 0 saturated carbocycles. The minimum absolute atomic E-state index is 0.728. The average molecular weight is 371 g/mol. The zero-order valence-electron chi connectivity index (χ0n) is 14.3. The van der Waals surface area contributed by atoms with Crippen LogP contribution < -0.4 is 5.32 Å². The van der Waals surface area contributed by atoms with Gasteiger partial charge in [-0.2, -0.15) is 0 Å². The Bertz CT molecular complexity index is 536. The highest BCUT2D eigenvalue weighted by molar-refractivity contribution is 7.16. The van der Waals surface area contributed by atoms with Gasteiger partial charge in [0.15, 0.2) is 5.96 Å². The van der Waals surface area contributed by atoms with Gasteiger partial charge in [0.2, 0.25) is 0 Å². The molecule has 2 aliphatic heterocycles. The van der Waals surface area contributed by atoms with Gasteiger partial charge in [-0.25, -0.2) is 0 Å². The lowest BCUT2D eigenvalue weighted by Crippen LogP contribution is -2.53. The van der Waals surface area contributed by atoms with Crippen LogP contribution in [-0.2, 0) is 11.2 Å². The smallest absolute Gasteiger partial charge is 0.193 e. The summed E-state index contributed by atoms with van der Waals surface area (Å²) < 4.78 is 6.34. The summed E-state index contributed by atoms with van der Waals surface area (Å²) in [5, 5.41) is 3.49. The van der Waals surface area contributed by atoms with Gasteiger partial charge >= 0.3 is 0 Å². The number of nitrogens with one attached hydrogen (secondary N) is 1. The summed E-state index contributed by atoms with van der Waals surface area (Å²) in [5.74, 6) is 1.74. The van der Waals surface area contributed by atoms with Crippen LogP contribution in [0.2, 0.25) is 4.34 Å². The van der Waals surface area contributed by atoms with E-state index in [-0.39, 0.29) is 0 Å². The second kappa shape index (κ2) is 9.04. The first-order valence-corrected chi connectivity index (χ1v) is 9.94. The number of guanidine groups is 1. The quantitative estimate of drug-likeness (QED) is 0.637. The number of halogens is 1. The van der Waals surface area contributed by atoms with Crippen molar-refractivity contribution in [3.05, 3.63) is 21.3 Å². The molecular weight excluding hydrogens is 344 g/mol. The highest BCUT2D eigenvalue weighted by Gasteiger charge is 2.23. The summed E-state index contributed by atoms with van der Waals surface area (Å²) in [4.78, 5) is 10.7. The van der Waals surface area contributed by atoms with E-state index in [0.29, 0.717) is 0 Å². The van der Waals surface area contributed by atoms with Crippen molar-refractivity contribution >= 4 is 28.9 Å². The van der Waals surface area contributed by atoms with Crippen LogP contribution in [0, 0.1) is 5.92 Å². The van der Waals surface area contributed by atoms with E-state index in [9.17, 15) is 0 Å². The fraction of sp³-hybridized carbons (Fsp3) is 0.706. The lowest BCUT2D eigenvalue weighted by atomic mass is 10.1. The number of piperazine rings is 1. The molecule has 3 heterocycles. The second-order valence-corrected chi connectivity index (χ2v) is 8.25. The predicted octanol–water partition coefficient (Wildman–Crippen LogP) is 2.17. The van der Waals surface area contributed by atoms with Crippen LogP contribution in [0.4, 0.5) is 0 Å². The minimum Gasteiger partial charge on any atom is -0.381 e. The third kappa shape index (κ3) is 5.09. The van der Waals surface area contributed by atoms with Crippen molar-refractivity contribution in [1.29, 1.82) is 0 Å². The Morgan fingerprint density at radius 3 is 2.83 bits per heavy atom. The predicted molar refractivity (Wildman–Crippen MR) is 101 cm³/mol. The van der Waals surface area contributed by atoms with Crippen molar-refractivity contribution in [3.63, 3.8) is 0 Å². The molecule has 3 rings (SSSR count). The number of rotatable bonds is 5. The van der Waals surface area contributed by atoms with Gasteiger partial charge in [0.05, 0.1) is 10.9 Å². The molecule has 2 aliphatic rings. The van der Waals surface area contributed by atoms with Crippen molar-refractivity contribution in [3.8, 4) is 0 Å². The third-order valence-corrected chi connectivity index (χ3v) is 6.00. The fourth-order valence-corrected chi connectivity index (χ4v) is 4.44. The summed E-state index contributed by atoms with van der Waals surface area (Å²) in [6.45, 7) is 8.25. The molecule has 0 amide bonds. The molecule has 0 aromatic carbocycles. The standard InChI is InChI=1S/C17H27ClN4OS/c1-19-17(20-6-4-15-2-3-16(18)24-15)22-9-7-21(8-10-22)12-14-5-11-23-13-14/h2-3,14H,4-13H2,1H3,(H,19,20). The van der Waals surface area contributed by atoms with Crippen molar-refractivity contribution in [1.82, 2.24) is 15.1 Å². The van der Waals surface area contributed by atoms with Crippen molar-refractivity contribution in [2.24, 2.45) is 10.9 Å². The number of ether oxygens (including phenoxy) is 1. The highest BCUT2D eigenvalue weighted by Crippen LogP contribution is 2.21. The summed E-state index contributed by atoms with van der Waals surface area (Å²) in [6.07, 6.45) is 2.20. The molecular formula is C17H27ClN4OS. The molecule has 0 spiro atoms. The molecule has 0 bridgehead atoms. The molecule has 5 nitrogen and oxygen atoms in total. The van der Waals surface area contributed by atoms with Gasteiger partial charge < -0.3 is 15.0 Å². The first-order valence-electron chi connectivity index (χ1n) is 8.74. The Morgan fingerprint density at radius 2 is 2.21 bits per heavy atom. The Labute approximate surface area is 153 Å². The molecule has 134 valence electrons. The Morgan fingerprint density at radius 1 is 1.38 bits per heavy atom. The number of thiophene rings is 1. The highest BCUT2D eigenvalue weighted by atomic mass is 35.5. The van der Waals surface area contributed by atoms with Gasteiger partial charge in [0.1, 0.15) is 0 Å². The number of nitrogens with zero attached hydrogens (tertiary/aromatic N) is 3. The first kappa shape index (κ1) is 18.0. The summed E-state index contributed by atoms with van der Waals surface area (Å²) >= 11 is 7.63. The van der Waals surface area contributed by atoms with E-state index < -0.39 is 0 Å². The van der Waals surface area contributed by atoms with Crippen LogP contribution in [0.25, 0.3) is 0 Å². The van der Waals surface area contributed by atoms with E-state index in [2.05, 4.69) is 26.2 Å². The van der Waals surface area contributed by atoms with Gasteiger partial charge in [-0.05, 0) is 30.9 Å². The van der Waals surface area contributed by atoms with Gasteiger partial charge in [0, 0.05) is 57.8 Å². The normalized spacial score (nSPS) is 23.0. The molecule has 1 unspecified atom stereocenters. The lowest BCUT2D eigenvalue weighted by molar-refractivity contribution is 0.139. The Balaban J connectivity index is 1.38. The van der Waals surface area contributed by atoms with Crippen LogP contribution in [0.1, 0.15) is 11.3 Å². The Kier molecular flexibility index (Phi) is 6.77. The monoisotopic (exact) mass is 370 g/mol. The van der Waals surface area contributed by atoms with Crippen LogP contribution in [-0.4, -0.2) is 75.3 Å². The van der Waals surface area contributed by atoms with E-state index in [1.165, 1.54) is 17.8 Å². The molecule has 1 N–H and O–H groups in total. The first-order chi connectivity index (χ1) is 11.7. The third-order valence-electron chi connectivity index (χ3n) is 4.71. The number of hydrogen-bond acceptors (Lipinski definition) is 4. The summed E-state index contributed by atoms with van der Waals surface area (Å²) in [6, 6.07) is 4.06. The topological polar surface area (TPSA) is 40.1 Å². The largest absolute Gasteiger partial charge is 0.381 e. The van der Waals surface area contributed by atoms with E-state index in [4.69, 9.17) is 16.3 Å². The average Bonchev–Trinajstić information content (AvgIpc) is 3.24. The van der Waals surface area contributed by atoms with Crippen molar-refractivity contribution in [2.75, 3.05) is 59.5 Å². The molecule has 1 aromatic rings. The fourth-order valence-electron chi connectivity index (χ4n) is 3.35. The van der Waals surface area contributed by atoms with Gasteiger partial charge in [-0.15, -0.1) is 11.3 Å². The maximum atomic E-state index is 5.98. The van der Waals surface area contributed by atoms with Gasteiger partial charge in [-0.3, -0.25) is 9.89 Å². The molecule has 0 aliphatic carbocycles. The van der Waals surface area contributed by atoms with Crippen LogP contribution in [0.3, 0.4) is 0 Å². The summed E-state index contributed by atoms with van der Waals surface area (Å²) in [5.41, 5.74) is 0. The van der Waals surface area contributed by atoms with Gasteiger partial charge in [0.25, 0.3) is 0 Å². The second-order valence-electron chi connectivity index (χ2n) is 6.45.